The van der Waals surface area contributed by atoms with Gasteiger partial charge in [0.15, 0.2) is 0 Å². The number of thioether (sulfide) groups is 1. The van der Waals surface area contributed by atoms with Gasteiger partial charge in [0.05, 0.1) is 0 Å². The van der Waals surface area contributed by atoms with Crippen LogP contribution in [0.25, 0.3) is 0 Å². The van der Waals surface area contributed by atoms with Gasteiger partial charge in [0.25, 0.3) is 0 Å². The molecule has 16 heavy (non-hydrogen) atoms. The lowest BCUT2D eigenvalue weighted by Crippen LogP contribution is -2.20. The highest BCUT2D eigenvalue weighted by Gasteiger charge is 2.60. The molecular formula is C12H13FO2S. The number of benzene rings is 1. The summed E-state index contributed by atoms with van der Waals surface area (Å²) in [5.74, 6) is -1.00. The average molecular weight is 240 g/mol. The number of carboxylic acids is 1. The quantitative estimate of drug-likeness (QED) is 0.878. The summed E-state index contributed by atoms with van der Waals surface area (Å²) < 4.78 is 12.6. The van der Waals surface area contributed by atoms with Gasteiger partial charge in [0, 0.05) is 4.90 Å². The van der Waals surface area contributed by atoms with Gasteiger partial charge in [-0.25, -0.2) is 4.39 Å². The monoisotopic (exact) mass is 240 g/mol. The Balaban J connectivity index is 2.21. The molecule has 1 aromatic rings. The van der Waals surface area contributed by atoms with Gasteiger partial charge in [0.2, 0.25) is 0 Å². The SMILES string of the molecule is CCC1CC1(Sc1ccccc1F)C(=O)O. The van der Waals surface area contributed by atoms with Crippen LogP contribution in [-0.2, 0) is 4.79 Å². The Morgan fingerprint density at radius 3 is 2.81 bits per heavy atom. The molecule has 86 valence electrons. The zero-order valence-corrected chi connectivity index (χ0v) is 9.76. The molecule has 1 fully saturated rings. The lowest BCUT2D eigenvalue weighted by molar-refractivity contribution is -0.137. The Morgan fingerprint density at radius 2 is 2.31 bits per heavy atom. The van der Waals surface area contributed by atoms with Crippen LogP contribution in [0.2, 0.25) is 0 Å². The van der Waals surface area contributed by atoms with Gasteiger partial charge in [-0.05, 0) is 24.5 Å². The molecular weight excluding hydrogens is 227 g/mol. The summed E-state index contributed by atoms with van der Waals surface area (Å²) in [6.45, 7) is 1.97. The Hall–Kier alpha value is -1.03. The van der Waals surface area contributed by atoms with Crippen molar-refractivity contribution in [3.8, 4) is 0 Å². The van der Waals surface area contributed by atoms with Crippen LogP contribution >= 0.6 is 11.8 Å². The molecule has 2 rings (SSSR count). The van der Waals surface area contributed by atoms with E-state index in [1.54, 1.807) is 18.2 Å². The minimum atomic E-state index is -0.826. The number of carboxylic acid groups (broad SMARTS) is 1. The molecule has 0 heterocycles. The molecule has 1 saturated carbocycles. The summed E-state index contributed by atoms with van der Waals surface area (Å²) in [6, 6.07) is 6.33. The van der Waals surface area contributed by atoms with Crippen LogP contribution in [0.4, 0.5) is 4.39 Å². The summed E-state index contributed by atoms with van der Waals surface area (Å²) in [4.78, 5) is 11.7. The van der Waals surface area contributed by atoms with Crippen LogP contribution in [0.5, 0.6) is 0 Å². The highest BCUT2D eigenvalue weighted by atomic mass is 32.2. The summed E-state index contributed by atoms with van der Waals surface area (Å²) in [6.07, 6.45) is 1.46. The van der Waals surface area contributed by atoms with E-state index < -0.39 is 10.7 Å². The topological polar surface area (TPSA) is 37.3 Å². The highest BCUT2D eigenvalue weighted by molar-refractivity contribution is 8.01. The van der Waals surface area contributed by atoms with E-state index in [-0.39, 0.29) is 11.7 Å². The number of hydrogen-bond donors (Lipinski definition) is 1. The van der Waals surface area contributed by atoms with E-state index in [0.29, 0.717) is 11.3 Å². The van der Waals surface area contributed by atoms with Crippen LogP contribution < -0.4 is 0 Å². The maximum absolute atomic E-state index is 13.4. The lowest BCUT2D eigenvalue weighted by atomic mass is 10.2. The molecule has 0 saturated heterocycles. The second kappa shape index (κ2) is 4.09. The van der Waals surface area contributed by atoms with Crippen LogP contribution in [0.3, 0.4) is 0 Å². The molecule has 0 aromatic heterocycles. The predicted octanol–water partition coefficient (Wildman–Crippen LogP) is 3.17. The van der Waals surface area contributed by atoms with E-state index in [1.165, 1.54) is 6.07 Å². The number of carbonyl (C=O) groups is 1. The first kappa shape index (κ1) is 11.5. The molecule has 0 amide bonds. The predicted molar refractivity (Wildman–Crippen MR) is 61.0 cm³/mol. The maximum atomic E-state index is 13.4. The Labute approximate surface area is 97.9 Å². The fourth-order valence-electron chi connectivity index (χ4n) is 1.94. The Morgan fingerprint density at radius 1 is 1.62 bits per heavy atom. The van der Waals surface area contributed by atoms with Crippen LogP contribution in [0.1, 0.15) is 19.8 Å². The molecule has 1 aliphatic rings. The van der Waals surface area contributed by atoms with Crippen LogP contribution in [0.15, 0.2) is 29.2 Å². The van der Waals surface area contributed by atoms with E-state index in [4.69, 9.17) is 0 Å². The summed E-state index contributed by atoms with van der Waals surface area (Å²) >= 11 is 1.15. The van der Waals surface area contributed by atoms with Gasteiger partial charge in [-0.3, -0.25) is 4.79 Å². The number of halogens is 1. The van der Waals surface area contributed by atoms with Crippen molar-refractivity contribution in [1.29, 1.82) is 0 Å². The molecule has 4 heteroatoms. The maximum Gasteiger partial charge on any atom is 0.320 e. The van der Waals surface area contributed by atoms with Crippen LogP contribution in [0, 0.1) is 11.7 Å². The average Bonchev–Trinajstić information content (AvgIpc) is 2.97. The van der Waals surface area contributed by atoms with Gasteiger partial charge >= 0.3 is 5.97 Å². The largest absolute Gasteiger partial charge is 0.480 e. The van der Waals surface area contributed by atoms with Gasteiger partial charge in [-0.15, -0.1) is 11.8 Å². The summed E-state index contributed by atoms with van der Waals surface area (Å²) in [5.41, 5.74) is 0. The molecule has 0 aliphatic heterocycles. The second-order valence-corrected chi connectivity index (χ2v) is 5.41. The molecule has 2 unspecified atom stereocenters. The molecule has 0 radical (unpaired) electrons. The van der Waals surface area contributed by atoms with Gasteiger partial charge in [-0.2, -0.15) is 0 Å². The summed E-state index contributed by atoms with van der Waals surface area (Å²) in [7, 11) is 0. The molecule has 0 spiro atoms. The van der Waals surface area contributed by atoms with Crippen molar-refractivity contribution in [2.75, 3.05) is 0 Å². The first-order valence-corrected chi connectivity index (χ1v) is 6.08. The third-order valence-corrected chi connectivity index (χ3v) is 4.62. The van der Waals surface area contributed by atoms with Gasteiger partial charge in [0.1, 0.15) is 10.6 Å². The zero-order chi connectivity index (χ0) is 11.8. The van der Waals surface area contributed by atoms with E-state index in [9.17, 15) is 14.3 Å². The fourth-order valence-corrected chi connectivity index (χ4v) is 3.35. The zero-order valence-electron chi connectivity index (χ0n) is 8.94. The molecule has 1 N–H and O–H groups in total. The molecule has 1 aromatic carbocycles. The first-order chi connectivity index (χ1) is 7.60. The summed E-state index contributed by atoms with van der Waals surface area (Å²) in [5, 5.41) is 9.21. The number of hydrogen-bond acceptors (Lipinski definition) is 2. The van der Waals surface area contributed by atoms with E-state index in [2.05, 4.69) is 0 Å². The minimum absolute atomic E-state index is 0.162. The molecule has 0 bridgehead atoms. The van der Waals surface area contributed by atoms with Crippen molar-refractivity contribution in [2.24, 2.45) is 5.92 Å². The van der Waals surface area contributed by atoms with Gasteiger partial charge < -0.3 is 5.11 Å². The molecule has 1 aliphatic carbocycles. The van der Waals surface area contributed by atoms with Crippen LogP contribution in [-0.4, -0.2) is 15.8 Å². The van der Waals surface area contributed by atoms with E-state index in [1.807, 2.05) is 6.92 Å². The van der Waals surface area contributed by atoms with E-state index in [0.717, 1.165) is 18.2 Å². The number of rotatable bonds is 4. The molecule has 2 nitrogen and oxygen atoms in total. The van der Waals surface area contributed by atoms with Gasteiger partial charge in [-0.1, -0.05) is 25.5 Å². The normalized spacial score (nSPS) is 27.8. The minimum Gasteiger partial charge on any atom is -0.480 e. The van der Waals surface area contributed by atoms with Crippen molar-refractivity contribution in [3.63, 3.8) is 0 Å². The highest BCUT2D eigenvalue weighted by Crippen LogP contribution is 2.58. The molecule has 2 atom stereocenters. The third-order valence-electron chi connectivity index (χ3n) is 3.03. The third kappa shape index (κ3) is 1.82. The second-order valence-electron chi connectivity index (χ2n) is 4.04. The first-order valence-electron chi connectivity index (χ1n) is 5.27. The van der Waals surface area contributed by atoms with E-state index >= 15 is 0 Å². The Bertz CT molecular complexity index is 421. The van der Waals surface area contributed by atoms with Crippen molar-refractivity contribution in [2.45, 2.75) is 29.4 Å². The van der Waals surface area contributed by atoms with Crippen molar-refractivity contribution >= 4 is 17.7 Å². The smallest absolute Gasteiger partial charge is 0.320 e. The van der Waals surface area contributed by atoms with Crippen molar-refractivity contribution in [1.82, 2.24) is 0 Å². The van der Waals surface area contributed by atoms with Crippen molar-refractivity contribution < 1.29 is 14.3 Å². The fraction of sp³-hybridized carbons (Fsp3) is 0.417. The lowest BCUT2D eigenvalue weighted by Gasteiger charge is -2.11. The van der Waals surface area contributed by atoms with Crippen molar-refractivity contribution in [3.05, 3.63) is 30.1 Å². The standard InChI is InChI=1S/C12H13FO2S/c1-2-8-7-12(8,11(14)15)16-10-6-4-3-5-9(10)13/h3-6,8H,2,7H2,1H3,(H,14,15). The Kier molecular flexibility index (Phi) is 2.93. The number of aliphatic carboxylic acids is 1.